The maximum atomic E-state index is 15.7. The zero-order valence-electron chi connectivity index (χ0n) is 56.2. The summed E-state index contributed by atoms with van der Waals surface area (Å²) in [5, 5.41) is 18.2. The molecule has 104 heavy (non-hydrogen) atoms. The summed E-state index contributed by atoms with van der Waals surface area (Å²) < 4.78 is 50.7. The zero-order chi connectivity index (χ0) is 69.5. The van der Waals surface area contributed by atoms with Crippen molar-refractivity contribution in [1.82, 2.24) is 18.8 Å². The molecule has 10 heteroatoms. The summed E-state index contributed by atoms with van der Waals surface area (Å²) in [7, 11) is -9.62. The number of pyridine rings is 2. The molecule has 4 aromatic heterocycles. The number of rotatable bonds is 11. The Hall–Kier alpha value is -12.3. The molecule has 0 saturated heterocycles. The molecule has 0 fully saturated rings. The summed E-state index contributed by atoms with van der Waals surface area (Å²) in [5.41, 5.74) is 12.2. The van der Waals surface area contributed by atoms with E-state index < -0.39 is 21.4 Å². The minimum absolute atomic E-state index is 0.728. The maximum absolute atomic E-state index is 15.7. The second kappa shape index (κ2) is 25.3. The van der Waals surface area contributed by atoms with Crippen molar-refractivity contribution in [2.75, 3.05) is 0 Å². The van der Waals surface area contributed by atoms with Crippen LogP contribution in [0.25, 0.3) is 121 Å². The van der Waals surface area contributed by atoms with Crippen molar-refractivity contribution in [3.63, 3.8) is 0 Å². The predicted octanol–water partition coefficient (Wildman–Crippen LogP) is 20.1. The van der Waals surface area contributed by atoms with Crippen LogP contribution in [0.15, 0.2) is 382 Å². The number of nitrogens with zero attached hydrogens (tertiary/aromatic N) is 4. The normalized spacial score (nSPS) is 12.2. The van der Waals surface area contributed by atoms with Gasteiger partial charge in [0.15, 0.2) is 21.4 Å². The first-order valence-electron chi connectivity index (χ1n) is 34.9. The fraction of sp³-hybridized carbons (Fsp3) is 0. The van der Waals surface area contributed by atoms with Crippen molar-refractivity contribution >= 4 is 167 Å². The Labute approximate surface area is 600 Å². The van der Waals surface area contributed by atoms with Gasteiger partial charge in [0.05, 0.1) is 33.1 Å². The molecule has 20 rings (SSSR count). The van der Waals surface area contributed by atoms with Gasteiger partial charge in [0, 0.05) is 69.3 Å². The second-order valence-corrected chi connectivity index (χ2v) is 34.9. The van der Waals surface area contributed by atoms with E-state index in [1.165, 1.54) is 21.9 Å². The maximum Gasteiger partial charge on any atom is 0.171 e. The van der Waals surface area contributed by atoms with Gasteiger partial charge in [-0.2, -0.15) is 0 Å². The van der Waals surface area contributed by atoms with Crippen LogP contribution in [0.5, 0.6) is 0 Å². The lowest BCUT2D eigenvalue weighted by atomic mass is 9.96. The Balaban J connectivity index is 0.000000143. The highest BCUT2D eigenvalue weighted by Crippen LogP contribution is 2.48. The quantitative estimate of drug-likeness (QED) is 0.0951. The lowest BCUT2D eigenvalue weighted by Crippen LogP contribution is -2.25. The van der Waals surface area contributed by atoms with Gasteiger partial charge in [-0.05, 0) is 121 Å². The van der Waals surface area contributed by atoms with Gasteiger partial charge >= 0.3 is 0 Å². The number of benzene rings is 16. The van der Waals surface area contributed by atoms with E-state index in [2.05, 4.69) is 179 Å². The molecule has 20 aromatic rings. The van der Waals surface area contributed by atoms with Crippen LogP contribution < -0.4 is 47.7 Å². The molecular weight excluding hydrogens is 1330 g/mol. The van der Waals surface area contributed by atoms with Crippen LogP contribution in [0.4, 0.5) is 0 Å². The molecule has 492 valence electrons. The Morgan fingerprint density at radius 1 is 0.202 bits per heavy atom. The van der Waals surface area contributed by atoms with E-state index in [4.69, 9.17) is 9.97 Å². The Morgan fingerprint density at radius 3 is 1.14 bits per heavy atom. The number of fused-ring (bicyclic) bond motifs is 19. The van der Waals surface area contributed by atoms with E-state index in [1.807, 2.05) is 212 Å². The van der Waals surface area contributed by atoms with Crippen LogP contribution in [0.3, 0.4) is 0 Å². The number of para-hydroxylation sites is 3. The number of aromatic nitrogens is 4. The van der Waals surface area contributed by atoms with Gasteiger partial charge in [-0.1, -0.05) is 315 Å². The van der Waals surface area contributed by atoms with Gasteiger partial charge in [0.1, 0.15) is 11.3 Å². The van der Waals surface area contributed by atoms with Gasteiger partial charge in [-0.3, -0.25) is 8.80 Å². The molecule has 0 aliphatic carbocycles. The molecule has 0 radical (unpaired) electrons. The molecule has 16 aromatic carbocycles. The average molecular weight is 1390 g/mol. The minimum Gasteiger partial charge on any atom is -0.309 e. The van der Waals surface area contributed by atoms with Crippen molar-refractivity contribution in [2.45, 2.75) is 0 Å². The zero-order valence-corrected chi connectivity index (χ0v) is 58.9. The highest BCUT2D eigenvalue weighted by Gasteiger charge is 2.34. The summed E-state index contributed by atoms with van der Waals surface area (Å²) in [6.07, 6.45) is 0. The monoisotopic (exact) mass is 1390 g/mol. The minimum atomic E-state index is -3.29. The molecule has 0 aliphatic heterocycles. The van der Waals surface area contributed by atoms with Gasteiger partial charge in [0.2, 0.25) is 0 Å². The van der Waals surface area contributed by atoms with E-state index in [1.54, 1.807) is 0 Å². The Bertz CT molecular complexity index is 6800. The number of hydrogen-bond acceptors (Lipinski definition) is 5. The summed E-state index contributed by atoms with van der Waals surface area (Å²) in [6.45, 7) is 0. The molecule has 0 atom stereocenters. The lowest BCUT2D eigenvalue weighted by Gasteiger charge is -2.21. The van der Waals surface area contributed by atoms with E-state index in [9.17, 15) is 4.57 Å². The van der Waals surface area contributed by atoms with Crippen molar-refractivity contribution < 1.29 is 13.7 Å². The molecule has 0 unspecified atom stereocenters. The van der Waals surface area contributed by atoms with Crippen LogP contribution in [-0.2, 0) is 13.7 Å². The van der Waals surface area contributed by atoms with Crippen LogP contribution in [0.2, 0.25) is 0 Å². The first-order valence-corrected chi connectivity index (χ1v) is 40.0. The van der Waals surface area contributed by atoms with Crippen molar-refractivity contribution in [3.8, 4) is 22.3 Å². The summed E-state index contributed by atoms with van der Waals surface area (Å²) in [5.74, 6) is 0. The smallest absolute Gasteiger partial charge is 0.171 e. The van der Waals surface area contributed by atoms with E-state index in [-0.39, 0.29) is 0 Å². The molecule has 0 bridgehead atoms. The van der Waals surface area contributed by atoms with Crippen molar-refractivity contribution in [3.05, 3.63) is 382 Å². The van der Waals surface area contributed by atoms with E-state index in [0.717, 1.165) is 146 Å². The predicted molar refractivity (Wildman–Crippen MR) is 439 cm³/mol. The molecular formula is C94H63N4O3P3. The van der Waals surface area contributed by atoms with Crippen molar-refractivity contribution in [2.24, 2.45) is 0 Å². The molecule has 0 aliphatic rings. The van der Waals surface area contributed by atoms with Crippen LogP contribution in [0.1, 0.15) is 0 Å². The molecule has 7 nitrogen and oxygen atoms in total. The highest BCUT2D eigenvalue weighted by atomic mass is 31.2. The second-order valence-electron chi connectivity index (χ2n) is 26.6. The summed E-state index contributed by atoms with van der Waals surface area (Å²) in [4.78, 5) is 10.4. The fourth-order valence-electron chi connectivity index (χ4n) is 15.7. The molecule has 0 N–H and O–H groups in total. The van der Waals surface area contributed by atoms with E-state index >= 15 is 9.13 Å². The third-order valence-corrected chi connectivity index (χ3v) is 29.9. The largest absolute Gasteiger partial charge is 0.309 e. The number of imidazole rings is 2. The first-order chi connectivity index (χ1) is 51.2. The topological polar surface area (TPSA) is 85.8 Å². The molecule has 0 saturated carbocycles. The van der Waals surface area contributed by atoms with E-state index in [0.29, 0.717) is 0 Å². The van der Waals surface area contributed by atoms with Gasteiger partial charge in [-0.25, -0.2) is 9.97 Å². The van der Waals surface area contributed by atoms with Gasteiger partial charge in [-0.15, -0.1) is 0 Å². The van der Waals surface area contributed by atoms with Gasteiger partial charge in [0.25, 0.3) is 0 Å². The number of hydrogen-bond donors (Lipinski definition) is 0. The highest BCUT2D eigenvalue weighted by molar-refractivity contribution is 7.86. The Morgan fingerprint density at radius 2 is 0.567 bits per heavy atom. The van der Waals surface area contributed by atoms with Gasteiger partial charge < -0.3 is 13.7 Å². The lowest BCUT2D eigenvalue weighted by molar-refractivity contribution is 0.591. The Kier molecular flexibility index (Phi) is 15.3. The van der Waals surface area contributed by atoms with Crippen molar-refractivity contribution in [1.29, 1.82) is 0 Å². The first kappa shape index (κ1) is 62.7. The third-order valence-electron chi connectivity index (χ3n) is 20.7. The van der Waals surface area contributed by atoms with Crippen LogP contribution >= 0.6 is 21.4 Å². The third kappa shape index (κ3) is 10.2. The fourth-order valence-corrected chi connectivity index (χ4v) is 23.7. The molecule has 4 heterocycles. The average Bonchev–Trinajstić information content (AvgIpc) is 1.51. The molecule has 0 amide bonds. The van der Waals surface area contributed by atoms with Crippen LogP contribution in [-0.4, -0.2) is 18.8 Å². The van der Waals surface area contributed by atoms with Crippen LogP contribution in [0, 0.1) is 0 Å². The summed E-state index contributed by atoms with van der Waals surface area (Å²) in [6, 6.07) is 129. The SMILES string of the molecule is O=P(c1ccccc1)(c1ccccc1)c1ccc2cc(-c3ccc(-c4ccc5c(c4)c4ccccc4n4c6ccccc6nc54)cc3)ccc2c1.O=P(c1ccccc1)(c1ccccc1)c1ccc2nc3c4c5ccccc5ccc4c4ccc(P(=O)(c5ccccc5)c5ccccc5)cc4n3c2c1. The standard InChI is InChI=1S/C47H32N2O2P2.C47H31N2OP/c50-52(34-16-5-1-6-17-34,35-18-7-2-8-19-35)38-26-29-41-42-28-25-33-15-13-14-24-40(33)46(42)47-48-43-30-27-39(32-45(43)49(47)44(41)31-38)53(51,36-20-9-3-10-21-36)37-22-11-4-12-23-37;50-51(38-11-3-1-4-12-38,39-13-5-2-6-14-39)40-27-25-35-29-34(23-24-36(35)30-40)32-19-21-33(22-20-32)37-26-28-42-43(31-37)41-15-7-9-17-45(41)49-46-18-10-8-16-44(46)48-47(42)49/h1-32H;1-31H. The summed E-state index contributed by atoms with van der Waals surface area (Å²) >= 11 is 0. The molecule has 0 spiro atoms.